The van der Waals surface area contributed by atoms with Gasteiger partial charge in [-0.25, -0.2) is 4.99 Å². The fourth-order valence-corrected chi connectivity index (χ4v) is 5.17. The van der Waals surface area contributed by atoms with Gasteiger partial charge >= 0.3 is 0 Å². The standard InChI is InChI=1S/C23H20N2O2S/c1-15(12-16-8-4-3-5-9-16)13-20-21(26)25-18-14-23(2,24-22(25)28-20)27-19-11-7-6-10-17(18)19/h3-13,18H,14H2,1-2H3. The monoisotopic (exact) mass is 388 g/mol. The largest absolute Gasteiger partial charge is 0.466 e. The van der Waals surface area contributed by atoms with E-state index in [2.05, 4.69) is 18.2 Å². The molecule has 3 aromatic rings. The molecule has 0 saturated carbocycles. The summed E-state index contributed by atoms with van der Waals surface area (Å²) in [6.45, 7) is 4.01. The van der Waals surface area contributed by atoms with Crippen LogP contribution in [-0.4, -0.2) is 10.3 Å². The molecule has 4 nitrogen and oxygen atoms in total. The molecule has 0 N–H and O–H groups in total. The number of rotatable bonds is 2. The molecule has 3 heterocycles. The third-order valence-electron chi connectivity index (χ3n) is 5.21. The lowest BCUT2D eigenvalue weighted by Crippen LogP contribution is -2.49. The maximum absolute atomic E-state index is 13.2. The van der Waals surface area contributed by atoms with Crippen LogP contribution >= 0.6 is 11.3 Å². The molecule has 5 rings (SSSR count). The van der Waals surface area contributed by atoms with Crippen molar-refractivity contribution in [2.24, 2.45) is 4.99 Å². The van der Waals surface area contributed by atoms with Gasteiger partial charge in [0.15, 0.2) is 4.80 Å². The zero-order valence-corrected chi connectivity index (χ0v) is 16.6. The Morgan fingerprint density at radius 1 is 1.21 bits per heavy atom. The molecule has 0 saturated heterocycles. The molecule has 0 aliphatic carbocycles. The maximum atomic E-state index is 13.2. The lowest BCUT2D eigenvalue weighted by atomic mass is 9.93. The van der Waals surface area contributed by atoms with Crippen LogP contribution in [0.3, 0.4) is 0 Å². The fraction of sp³-hybridized carbons (Fsp3) is 0.217. The van der Waals surface area contributed by atoms with Gasteiger partial charge in [0.1, 0.15) is 5.75 Å². The topological polar surface area (TPSA) is 43.6 Å². The molecule has 0 amide bonds. The van der Waals surface area contributed by atoms with E-state index in [1.165, 1.54) is 11.3 Å². The van der Waals surface area contributed by atoms with Crippen molar-refractivity contribution < 1.29 is 4.74 Å². The highest BCUT2D eigenvalue weighted by atomic mass is 32.1. The van der Waals surface area contributed by atoms with Crippen molar-refractivity contribution in [2.75, 3.05) is 0 Å². The molecule has 2 aromatic carbocycles. The number of hydrogen-bond acceptors (Lipinski definition) is 4. The van der Waals surface area contributed by atoms with Crippen molar-refractivity contribution in [2.45, 2.75) is 32.0 Å². The highest BCUT2D eigenvalue weighted by Gasteiger charge is 2.42. The number of benzene rings is 2. The van der Waals surface area contributed by atoms with Gasteiger partial charge in [-0.15, -0.1) is 0 Å². The third kappa shape index (κ3) is 2.83. The van der Waals surface area contributed by atoms with E-state index in [-0.39, 0.29) is 11.6 Å². The number of aromatic nitrogens is 1. The molecule has 2 aliphatic heterocycles. The van der Waals surface area contributed by atoms with Gasteiger partial charge in [0, 0.05) is 12.0 Å². The van der Waals surface area contributed by atoms with Crippen LogP contribution in [0, 0.1) is 0 Å². The average Bonchev–Trinajstić information content (AvgIpc) is 2.96. The van der Waals surface area contributed by atoms with Crippen LogP contribution in [0.25, 0.3) is 12.2 Å². The van der Waals surface area contributed by atoms with Gasteiger partial charge in [-0.05, 0) is 37.1 Å². The van der Waals surface area contributed by atoms with Gasteiger partial charge in [-0.3, -0.25) is 9.36 Å². The van der Waals surface area contributed by atoms with Crippen molar-refractivity contribution >= 4 is 23.5 Å². The molecule has 0 fully saturated rings. The molecular formula is C23H20N2O2S. The lowest BCUT2D eigenvalue weighted by Gasteiger charge is -2.39. The van der Waals surface area contributed by atoms with E-state index >= 15 is 0 Å². The van der Waals surface area contributed by atoms with E-state index < -0.39 is 5.72 Å². The van der Waals surface area contributed by atoms with Gasteiger partial charge in [0.25, 0.3) is 5.56 Å². The first-order valence-corrected chi connectivity index (χ1v) is 10.2. The number of ether oxygens (including phenoxy) is 1. The zero-order chi connectivity index (χ0) is 19.3. The number of thiazole rings is 1. The van der Waals surface area contributed by atoms with E-state index in [9.17, 15) is 4.79 Å². The van der Waals surface area contributed by atoms with Crippen LogP contribution in [0.5, 0.6) is 5.75 Å². The van der Waals surface area contributed by atoms with E-state index in [1.807, 2.05) is 67.0 Å². The van der Waals surface area contributed by atoms with E-state index in [1.54, 1.807) is 0 Å². The predicted octanol–water partition coefficient (Wildman–Crippen LogP) is 3.52. The summed E-state index contributed by atoms with van der Waals surface area (Å²) in [6, 6.07) is 18.0. The summed E-state index contributed by atoms with van der Waals surface area (Å²) in [7, 11) is 0. The van der Waals surface area contributed by atoms with Crippen molar-refractivity contribution in [3.8, 4) is 5.75 Å². The fourth-order valence-electron chi connectivity index (χ4n) is 4.00. The number of allylic oxidation sites excluding steroid dienone is 1. The Balaban J connectivity index is 1.66. The predicted molar refractivity (Wildman–Crippen MR) is 112 cm³/mol. The van der Waals surface area contributed by atoms with Crippen molar-refractivity contribution in [1.82, 2.24) is 4.57 Å². The summed E-state index contributed by atoms with van der Waals surface area (Å²) in [4.78, 5) is 18.8. The van der Waals surface area contributed by atoms with Gasteiger partial charge in [0.2, 0.25) is 5.72 Å². The SMILES string of the molecule is CC(=Cc1ccccc1)C=c1sc2n(c1=O)C1CC(C)(N=2)Oc2ccccc21. The number of hydrogen-bond donors (Lipinski definition) is 0. The second-order valence-electron chi connectivity index (χ2n) is 7.51. The highest BCUT2D eigenvalue weighted by molar-refractivity contribution is 7.07. The number of para-hydroxylation sites is 1. The summed E-state index contributed by atoms with van der Waals surface area (Å²) in [6.07, 6.45) is 4.71. The van der Waals surface area contributed by atoms with Crippen molar-refractivity contribution in [3.63, 3.8) is 0 Å². The molecule has 0 spiro atoms. The second kappa shape index (κ2) is 6.31. The van der Waals surface area contributed by atoms with Crippen LogP contribution < -0.4 is 19.6 Å². The minimum absolute atomic E-state index is 0.0216. The first-order valence-electron chi connectivity index (χ1n) is 9.37. The van der Waals surface area contributed by atoms with Crippen molar-refractivity contribution in [1.29, 1.82) is 0 Å². The molecule has 2 bridgehead atoms. The highest BCUT2D eigenvalue weighted by Crippen LogP contribution is 2.42. The molecule has 2 atom stereocenters. The van der Waals surface area contributed by atoms with Crippen molar-refractivity contribution in [3.05, 3.63) is 91.0 Å². The van der Waals surface area contributed by atoms with Crippen LogP contribution in [0.2, 0.25) is 0 Å². The van der Waals surface area contributed by atoms with Gasteiger partial charge in [-0.2, -0.15) is 0 Å². The number of fused-ring (bicyclic) bond motifs is 6. The Labute approximate surface area is 166 Å². The number of nitrogens with zero attached hydrogens (tertiary/aromatic N) is 2. The van der Waals surface area contributed by atoms with E-state index in [0.717, 1.165) is 27.3 Å². The average molecular weight is 388 g/mol. The molecule has 2 unspecified atom stereocenters. The molecule has 140 valence electrons. The first-order chi connectivity index (χ1) is 13.5. The molecular weight excluding hydrogens is 368 g/mol. The zero-order valence-electron chi connectivity index (χ0n) is 15.8. The molecule has 5 heteroatoms. The Hall–Kier alpha value is -2.92. The van der Waals surface area contributed by atoms with Gasteiger partial charge in [0.05, 0.1) is 10.6 Å². The Morgan fingerprint density at radius 2 is 1.96 bits per heavy atom. The van der Waals surface area contributed by atoms with Crippen LogP contribution in [0.1, 0.15) is 37.4 Å². The molecule has 1 aromatic heterocycles. The van der Waals surface area contributed by atoms with Crippen LogP contribution in [-0.2, 0) is 0 Å². The van der Waals surface area contributed by atoms with Gasteiger partial charge in [-0.1, -0.05) is 65.9 Å². The maximum Gasteiger partial charge on any atom is 0.270 e. The summed E-state index contributed by atoms with van der Waals surface area (Å²) in [5, 5.41) is 0. The minimum atomic E-state index is -0.623. The van der Waals surface area contributed by atoms with Crippen LogP contribution in [0.15, 0.2) is 70.0 Å². The van der Waals surface area contributed by atoms with Gasteiger partial charge < -0.3 is 4.74 Å². The third-order valence-corrected chi connectivity index (χ3v) is 6.20. The summed E-state index contributed by atoms with van der Waals surface area (Å²) in [5.74, 6) is 0.819. The quantitative estimate of drug-likeness (QED) is 0.674. The molecule has 2 aliphatic rings. The Morgan fingerprint density at radius 3 is 2.79 bits per heavy atom. The summed E-state index contributed by atoms with van der Waals surface area (Å²) >= 11 is 1.44. The normalized spacial score (nSPS) is 23.4. The Kier molecular flexibility index (Phi) is 3.88. The minimum Gasteiger partial charge on any atom is -0.466 e. The smallest absolute Gasteiger partial charge is 0.270 e. The molecule has 28 heavy (non-hydrogen) atoms. The molecule has 0 radical (unpaired) electrons. The first kappa shape index (κ1) is 17.2. The summed E-state index contributed by atoms with van der Waals surface area (Å²) in [5.41, 5.74) is 2.61. The lowest BCUT2D eigenvalue weighted by molar-refractivity contribution is 0.0410. The Bertz CT molecular complexity index is 1270. The second-order valence-corrected chi connectivity index (χ2v) is 8.52. The van der Waals surface area contributed by atoms with E-state index in [0.29, 0.717) is 11.0 Å². The van der Waals surface area contributed by atoms with Crippen LogP contribution in [0.4, 0.5) is 0 Å². The van der Waals surface area contributed by atoms with E-state index in [4.69, 9.17) is 9.73 Å². The summed E-state index contributed by atoms with van der Waals surface area (Å²) < 4.78 is 8.71.